The highest BCUT2D eigenvalue weighted by molar-refractivity contribution is 7.99. The molecule has 0 spiro atoms. The van der Waals surface area contributed by atoms with E-state index < -0.39 is 11.6 Å². The Bertz CT molecular complexity index is 368. The maximum absolute atomic E-state index is 13.5. The number of benzene rings is 1. The predicted octanol–water partition coefficient (Wildman–Crippen LogP) is 3.57. The second kappa shape index (κ2) is 4.39. The van der Waals surface area contributed by atoms with Gasteiger partial charge in [-0.05, 0) is 30.7 Å². The molecule has 0 radical (unpaired) electrons. The van der Waals surface area contributed by atoms with E-state index in [1.807, 2.05) is 6.92 Å². The molecule has 0 amide bonds. The number of thioether (sulfide) groups is 1. The first-order chi connectivity index (χ1) is 7.18. The first-order valence-corrected chi connectivity index (χ1v) is 6.08. The molecule has 0 saturated heterocycles. The van der Waals surface area contributed by atoms with Gasteiger partial charge < -0.3 is 5.32 Å². The minimum Gasteiger partial charge on any atom is -0.382 e. The molecule has 1 aliphatic heterocycles. The largest absolute Gasteiger partial charge is 0.382 e. The van der Waals surface area contributed by atoms with Crippen molar-refractivity contribution in [1.82, 2.24) is 0 Å². The van der Waals surface area contributed by atoms with E-state index in [0.717, 1.165) is 30.3 Å². The molecule has 1 heterocycles. The van der Waals surface area contributed by atoms with Crippen molar-refractivity contribution < 1.29 is 8.78 Å². The van der Waals surface area contributed by atoms with Gasteiger partial charge in [0.05, 0.1) is 5.69 Å². The second-order valence-corrected chi connectivity index (χ2v) is 5.09. The lowest BCUT2D eigenvalue weighted by molar-refractivity contribution is 0.581. The van der Waals surface area contributed by atoms with Crippen molar-refractivity contribution in [2.24, 2.45) is 0 Å². The van der Waals surface area contributed by atoms with Crippen LogP contribution in [0.2, 0.25) is 0 Å². The van der Waals surface area contributed by atoms with E-state index in [1.165, 1.54) is 6.07 Å². The van der Waals surface area contributed by atoms with Gasteiger partial charge in [-0.15, -0.1) is 0 Å². The molecule has 2 rings (SSSR count). The molecule has 1 aromatic carbocycles. The summed E-state index contributed by atoms with van der Waals surface area (Å²) in [6, 6.07) is 2.36. The van der Waals surface area contributed by atoms with Gasteiger partial charge in [0.2, 0.25) is 0 Å². The van der Waals surface area contributed by atoms with Crippen molar-refractivity contribution in [3.05, 3.63) is 29.3 Å². The zero-order valence-corrected chi connectivity index (χ0v) is 9.33. The molecule has 1 nitrogen and oxygen atoms in total. The molecule has 15 heavy (non-hydrogen) atoms. The van der Waals surface area contributed by atoms with E-state index in [0.29, 0.717) is 5.69 Å². The minimum atomic E-state index is -0.499. The topological polar surface area (TPSA) is 12.0 Å². The molecule has 1 atom stereocenters. The van der Waals surface area contributed by atoms with Crippen LogP contribution in [-0.2, 0) is 0 Å². The Balaban J connectivity index is 2.46. The quantitative estimate of drug-likeness (QED) is 0.729. The van der Waals surface area contributed by atoms with Crippen molar-refractivity contribution in [3.8, 4) is 0 Å². The first kappa shape index (κ1) is 10.7. The van der Waals surface area contributed by atoms with Crippen LogP contribution in [0.3, 0.4) is 0 Å². The van der Waals surface area contributed by atoms with Crippen LogP contribution in [0, 0.1) is 11.6 Å². The van der Waals surface area contributed by atoms with Gasteiger partial charge in [0, 0.05) is 17.9 Å². The molecule has 0 saturated carbocycles. The van der Waals surface area contributed by atoms with Crippen LogP contribution in [0.25, 0.3) is 0 Å². The lowest BCUT2D eigenvalue weighted by atomic mass is 10.1. The maximum atomic E-state index is 13.5. The Morgan fingerprint density at radius 3 is 3.00 bits per heavy atom. The molecule has 0 aliphatic carbocycles. The fourth-order valence-electron chi connectivity index (χ4n) is 1.74. The zero-order valence-electron chi connectivity index (χ0n) is 8.52. The van der Waals surface area contributed by atoms with E-state index >= 15 is 0 Å². The Morgan fingerprint density at radius 1 is 1.40 bits per heavy atom. The summed E-state index contributed by atoms with van der Waals surface area (Å²) in [5.41, 5.74) is 1.20. The molecule has 0 aromatic heterocycles. The summed E-state index contributed by atoms with van der Waals surface area (Å²) in [4.78, 5) is 0. The third-order valence-corrected chi connectivity index (χ3v) is 3.79. The second-order valence-electron chi connectivity index (χ2n) is 3.65. The standard InChI is InChI=1S/C11H13F2NS/c1-7-9-5-8(12)6-10(13)11(9)14-3-2-4-15-7/h5-7,14H,2-4H2,1H3. The van der Waals surface area contributed by atoms with Crippen LogP contribution in [0.4, 0.5) is 14.5 Å². The third kappa shape index (κ3) is 2.25. The lowest BCUT2D eigenvalue weighted by Crippen LogP contribution is -2.11. The number of hydrogen-bond acceptors (Lipinski definition) is 2. The molecular weight excluding hydrogens is 216 g/mol. The molecule has 82 valence electrons. The SMILES string of the molecule is CC1SCCCNc2c(F)cc(F)cc21. The Morgan fingerprint density at radius 2 is 2.20 bits per heavy atom. The van der Waals surface area contributed by atoms with Gasteiger partial charge in [-0.3, -0.25) is 0 Å². The zero-order chi connectivity index (χ0) is 10.8. The van der Waals surface area contributed by atoms with Crippen molar-refractivity contribution in [2.45, 2.75) is 18.6 Å². The van der Waals surface area contributed by atoms with Gasteiger partial charge >= 0.3 is 0 Å². The highest BCUT2D eigenvalue weighted by atomic mass is 32.2. The average Bonchev–Trinajstić information content (AvgIpc) is 2.16. The Hall–Kier alpha value is -0.770. The van der Waals surface area contributed by atoms with Crippen molar-refractivity contribution in [1.29, 1.82) is 0 Å². The number of rotatable bonds is 0. The first-order valence-electron chi connectivity index (χ1n) is 5.03. The summed E-state index contributed by atoms with van der Waals surface area (Å²) in [5, 5.41) is 3.17. The molecule has 4 heteroatoms. The van der Waals surface area contributed by atoms with Crippen LogP contribution in [0.15, 0.2) is 12.1 Å². The summed E-state index contributed by atoms with van der Waals surface area (Å²) in [6.07, 6.45) is 1.01. The van der Waals surface area contributed by atoms with Crippen LogP contribution >= 0.6 is 11.8 Å². The maximum Gasteiger partial charge on any atom is 0.149 e. The molecule has 1 aromatic rings. The van der Waals surface area contributed by atoms with Crippen LogP contribution < -0.4 is 5.32 Å². The van der Waals surface area contributed by atoms with Gasteiger partial charge in [0.15, 0.2) is 0 Å². The molecule has 1 N–H and O–H groups in total. The highest BCUT2D eigenvalue weighted by Crippen LogP contribution is 2.37. The van der Waals surface area contributed by atoms with Crippen molar-refractivity contribution >= 4 is 17.4 Å². The van der Waals surface area contributed by atoms with E-state index in [4.69, 9.17) is 0 Å². The van der Waals surface area contributed by atoms with Crippen molar-refractivity contribution in [2.75, 3.05) is 17.6 Å². The van der Waals surface area contributed by atoms with Crippen molar-refractivity contribution in [3.63, 3.8) is 0 Å². The average molecular weight is 229 g/mol. The van der Waals surface area contributed by atoms with E-state index in [1.54, 1.807) is 11.8 Å². The number of anilines is 1. The molecule has 0 bridgehead atoms. The molecule has 1 aliphatic rings. The van der Waals surface area contributed by atoms with Gasteiger partial charge in [0.25, 0.3) is 0 Å². The van der Waals surface area contributed by atoms with Gasteiger partial charge in [-0.25, -0.2) is 8.78 Å². The highest BCUT2D eigenvalue weighted by Gasteiger charge is 2.18. The lowest BCUT2D eigenvalue weighted by Gasteiger charge is -2.21. The number of nitrogens with one attached hydrogen (secondary N) is 1. The minimum absolute atomic E-state index is 0.137. The van der Waals surface area contributed by atoms with Gasteiger partial charge in [-0.1, -0.05) is 0 Å². The fourth-order valence-corrected chi connectivity index (χ4v) is 2.77. The van der Waals surface area contributed by atoms with Gasteiger partial charge in [0.1, 0.15) is 11.6 Å². The summed E-state index contributed by atoms with van der Waals surface area (Å²) >= 11 is 1.74. The molecule has 0 fully saturated rings. The smallest absolute Gasteiger partial charge is 0.149 e. The normalized spacial score (nSPS) is 21.1. The van der Waals surface area contributed by atoms with E-state index in [-0.39, 0.29) is 5.25 Å². The number of fused-ring (bicyclic) bond motifs is 1. The van der Waals surface area contributed by atoms with Crippen LogP contribution in [0.5, 0.6) is 0 Å². The van der Waals surface area contributed by atoms with E-state index in [2.05, 4.69) is 5.32 Å². The Kier molecular flexibility index (Phi) is 3.14. The third-order valence-electron chi connectivity index (χ3n) is 2.51. The molecular formula is C11H13F2NS. The van der Waals surface area contributed by atoms with E-state index in [9.17, 15) is 8.78 Å². The van der Waals surface area contributed by atoms with Gasteiger partial charge in [-0.2, -0.15) is 11.8 Å². The summed E-state index contributed by atoms with van der Waals surface area (Å²) < 4.78 is 26.6. The summed E-state index contributed by atoms with van der Waals surface area (Å²) in [6.45, 7) is 2.73. The Labute approximate surface area is 92.3 Å². The monoisotopic (exact) mass is 229 g/mol. The van der Waals surface area contributed by atoms with Crippen LogP contribution in [0.1, 0.15) is 24.2 Å². The summed E-state index contributed by atoms with van der Waals surface area (Å²) in [5.74, 6) is 0.0339. The number of hydrogen-bond donors (Lipinski definition) is 1. The van der Waals surface area contributed by atoms with Crippen LogP contribution in [-0.4, -0.2) is 12.3 Å². The summed E-state index contributed by atoms with van der Waals surface area (Å²) in [7, 11) is 0. The predicted molar refractivity (Wildman–Crippen MR) is 60.3 cm³/mol. The number of halogens is 2. The molecule has 1 unspecified atom stereocenters. The fraction of sp³-hybridized carbons (Fsp3) is 0.455.